The minimum Gasteiger partial charge on any atom is -0.449 e. The van der Waals surface area contributed by atoms with Crippen LogP contribution < -0.4 is 11.1 Å². The number of anilines is 1. The number of nitrogens with zero attached hydrogens (tertiary/aromatic N) is 2. The highest BCUT2D eigenvalue weighted by Gasteiger charge is 2.43. The molecule has 0 unspecified atom stereocenters. The number of hydrogen-bond acceptors (Lipinski definition) is 6. The van der Waals surface area contributed by atoms with Gasteiger partial charge < -0.3 is 15.5 Å². The second-order valence-corrected chi connectivity index (χ2v) is 7.27. The quantitative estimate of drug-likeness (QED) is 0.563. The van der Waals surface area contributed by atoms with Crippen molar-refractivity contribution < 1.29 is 13.2 Å². The average Bonchev–Trinajstić information content (AvgIpc) is 3.14. The van der Waals surface area contributed by atoms with Crippen LogP contribution in [0.1, 0.15) is 17.7 Å². The number of fused-ring (bicyclic) bond motifs is 1. The molecular weight excluding hydrogens is 426 g/mol. The minimum absolute atomic E-state index is 0.0413. The average molecular weight is 438 g/mol. The van der Waals surface area contributed by atoms with Crippen LogP contribution in [0.25, 0.3) is 11.1 Å². The maximum atomic E-state index is 14.3. The van der Waals surface area contributed by atoms with E-state index in [9.17, 15) is 8.78 Å². The Morgan fingerprint density at radius 2 is 2.29 bits per heavy atom. The summed E-state index contributed by atoms with van der Waals surface area (Å²) < 4.78 is 34.0. The van der Waals surface area contributed by atoms with E-state index in [-0.39, 0.29) is 20.7 Å². The van der Waals surface area contributed by atoms with Crippen LogP contribution in [0.4, 0.5) is 14.5 Å². The van der Waals surface area contributed by atoms with Gasteiger partial charge >= 0.3 is 5.92 Å². The molecule has 0 saturated heterocycles. The van der Waals surface area contributed by atoms with E-state index in [4.69, 9.17) is 21.8 Å². The van der Waals surface area contributed by atoms with Crippen molar-refractivity contribution in [1.29, 1.82) is 0 Å². The molecule has 24 heavy (non-hydrogen) atoms. The number of halogens is 4. The summed E-state index contributed by atoms with van der Waals surface area (Å²) in [6.45, 7) is 1.62. The Kier molecular flexibility index (Phi) is 4.78. The van der Waals surface area contributed by atoms with Crippen molar-refractivity contribution in [3.63, 3.8) is 0 Å². The van der Waals surface area contributed by atoms with Gasteiger partial charge in [-0.05, 0) is 22.9 Å². The molecule has 0 saturated carbocycles. The molecule has 0 aromatic carbocycles. The molecule has 10 heteroatoms. The lowest BCUT2D eigenvalue weighted by Crippen LogP contribution is -2.35. The molecule has 3 aromatic rings. The zero-order chi connectivity index (χ0) is 17.5. The van der Waals surface area contributed by atoms with Gasteiger partial charge in [0, 0.05) is 17.6 Å². The summed E-state index contributed by atoms with van der Waals surface area (Å²) in [7, 11) is 0. The first kappa shape index (κ1) is 17.5. The molecular formula is C14H12BrClF2N4OS. The first-order valence-corrected chi connectivity index (χ1v) is 8.90. The van der Waals surface area contributed by atoms with E-state index < -0.39 is 17.7 Å². The Morgan fingerprint density at radius 3 is 2.92 bits per heavy atom. The number of hydrogen-bond donors (Lipinski definition) is 2. The van der Waals surface area contributed by atoms with E-state index in [0.717, 1.165) is 5.01 Å². The molecule has 0 amide bonds. The third-order valence-corrected chi connectivity index (χ3v) is 5.05. The molecule has 1 atom stereocenters. The van der Waals surface area contributed by atoms with Gasteiger partial charge in [-0.1, -0.05) is 11.6 Å². The van der Waals surface area contributed by atoms with E-state index in [1.807, 2.05) is 5.38 Å². The van der Waals surface area contributed by atoms with Crippen molar-refractivity contribution in [3.05, 3.63) is 38.0 Å². The van der Waals surface area contributed by atoms with Crippen LogP contribution in [-0.4, -0.2) is 16.0 Å². The summed E-state index contributed by atoms with van der Waals surface area (Å²) in [6, 6.07) is 0.0953. The number of alkyl halides is 2. The molecule has 0 fully saturated rings. The zero-order valence-corrected chi connectivity index (χ0v) is 15.5. The van der Waals surface area contributed by atoms with Crippen LogP contribution in [0.15, 0.2) is 26.5 Å². The Balaban J connectivity index is 2.07. The number of nitrogens with two attached hydrogens (primary N) is 1. The van der Waals surface area contributed by atoms with Crippen LogP contribution in [0, 0.1) is 0 Å². The summed E-state index contributed by atoms with van der Waals surface area (Å²) in [4.78, 5) is 8.22. The largest absolute Gasteiger partial charge is 0.449 e. The Bertz CT molecular complexity index is 869. The van der Waals surface area contributed by atoms with E-state index in [0.29, 0.717) is 12.2 Å². The third kappa shape index (κ3) is 3.13. The van der Waals surface area contributed by atoms with Crippen molar-refractivity contribution in [3.8, 4) is 0 Å². The van der Waals surface area contributed by atoms with Crippen LogP contribution in [-0.2, 0) is 12.5 Å². The smallest absolute Gasteiger partial charge is 0.320 e. The monoisotopic (exact) mass is 436 g/mol. The summed E-state index contributed by atoms with van der Waals surface area (Å²) in [5.74, 6) is -3.92. The van der Waals surface area contributed by atoms with Gasteiger partial charge in [-0.15, -0.1) is 11.3 Å². The SMILES string of the molecule is C[C@H](N)C(F)(F)c1oc2c(NCc3nccs3)cc(Cl)nc2c1Br. The Hall–Kier alpha value is -1.29. The Morgan fingerprint density at radius 1 is 1.54 bits per heavy atom. The fourth-order valence-electron chi connectivity index (χ4n) is 2.07. The van der Waals surface area contributed by atoms with Gasteiger partial charge in [0.05, 0.1) is 22.7 Å². The molecule has 3 rings (SSSR count). The predicted molar refractivity (Wildman–Crippen MR) is 93.7 cm³/mol. The van der Waals surface area contributed by atoms with Crippen molar-refractivity contribution in [2.24, 2.45) is 5.73 Å². The summed E-state index contributed by atoms with van der Waals surface area (Å²) in [5.41, 5.74) is 6.22. The normalized spacial score (nSPS) is 13.4. The van der Waals surface area contributed by atoms with Gasteiger partial charge in [0.15, 0.2) is 11.3 Å². The number of pyridine rings is 1. The van der Waals surface area contributed by atoms with Gasteiger partial charge in [0.25, 0.3) is 0 Å². The first-order valence-electron chi connectivity index (χ1n) is 6.85. The van der Waals surface area contributed by atoms with Crippen LogP contribution in [0.2, 0.25) is 5.15 Å². The fourth-order valence-corrected chi connectivity index (χ4v) is 3.44. The number of thiazole rings is 1. The molecule has 3 heterocycles. The second-order valence-electron chi connectivity index (χ2n) is 5.11. The predicted octanol–water partition coefficient (Wildman–Crippen LogP) is 4.75. The highest BCUT2D eigenvalue weighted by Crippen LogP contribution is 2.43. The maximum Gasteiger partial charge on any atom is 0.320 e. The number of nitrogens with one attached hydrogen (secondary N) is 1. The van der Waals surface area contributed by atoms with Crippen molar-refractivity contribution in [1.82, 2.24) is 9.97 Å². The van der Waals surface area contributed by atoms with Crippen molar-refractivity contribution in [2.75, 3.05) is 5.32 Å². The summed E-state index contributed by atoms with van der Waals surface area (Å²) in [6.07, 6.45) is 1.68. The maximum absolute atomic E-state index is 14.3. The van der Waals surface area contributed by atoms with Crippen molar-refractivity contribution >= 4 is 55.7 Å². The third-order valence-electron chi connectivity index (χ3n) is 3.34. The first-order chi connectivity index (χ1) is 11.3. The second kappa shape index (κ2) is 6.55. The highest BCUT2D eigenvalue weighted by molar-refractivity contribution is 9.10. The van der Waals surface area contributed by atoms with Crippen LogP contribution in [0.3, 0.4) is 0 Å². The molecule has 0 spiro atoms. The minimum atomic E-state index is -3.35. The van der Waals surface area contributed by atoms with Crippen LogP contribution >= 0.6 is 38.9 Å². The molecule has 3 aromatic heterocycles. The zero-order valence-electron chi connectivity index (χ0n) is 12.3. The van der Waals surface area contributed by atoms with E-state index >= 15 is 0 Å². The van der Waals surface area contributed by atoms with Crippen molar-refractivity contribution in [2.45, 2.75) is 25.4 Å². The van der Waals surface area contributed by atoms with Crippen LogP contribution in [0.5, 0.6) is 0 Å². The van der Waals surface area contributed by atoms with Gasteiger partial charge in [-0.2, -0.15) is 8.78 Å². The molecule has 5 nitrogen and oxygen atoms in total. The molecule has 0 radical (unpaired) electrons. The van der Waals surface area contributed by atoms with E-state index in [1.54, 1.807) is 6.20 Å². The Labute approximate surface area is 153 Å². The molecule has 0 bridgehead atoms. The van der Waals surface area contributed by atoms with E-state index in [2.05, 4.69) is 31.2 Å². The molecule has 0 aliphatic heterocycles. The number of furan rings is 1. The molecule has 0 aliphatic rings. The lowest BCUT2D eigenvalue weighted by Gasteiger charge is -2.17. The van der Waals surface area contributed by atoms with E-state index in [1.165, 1.54) is 24.3 Å². The highest BCUT2D eigenvalue weighted by atomic mass is 79.9. The standard InChI is InChI=1S/C14H12BrClF2N4OS/c1-6(19)14(17,18)13-10(15)11-12(23-13)7(4-8(16)22-11)21-5-9-20-2-3-24-9/h2-4,6H,5,19H2,1H3,(H,21,22)/t6-/m0/s1. The molecule has 128 valence electrons. The lowest BCUT2D eigenvalue weighted by atomic mass is 10.1. The molecule has 0 aliphatic carbocycles. The van der Waals surface area contributed by atoms with Gasteiger partial charge in [0.2, 0.25) is 0 Å². The lowest BCUT2D eigenvalue weighted by molar-refractivity contribution is -0.0451. The van der Waals surface area contributed by atoms with Gasteiger partial charge in [-0.25, -0.2) is 9.97 Å². The number of rotatable bonds is 5. The fraction of sp³-hybridized carbons (Fsp3) is 0.286. The topological polar surface area (TPSA) is 77.0 Å². The van der Waals surface area contributed by atoms with Gasteiger partial charge in [-0.3, -0.25) is 0 Å². The summed E-state index contributed by atoms with van der Waals surface area (Å²) >= 11 is 10.6. The number of aromatic nitrogens is 2. The molecule has 3 N–H and O–H groups in total. The summed E-state index contributed by atoms with van der Waals surface area (Å²) in [5, 5.41) is 5.92. The van der Waals surface area contributed by atoms with Gasteiger partial charge in [0.1, 0.15) is 15.7 Å².